The van der Waals surface area contributed by atoms with Crippen molar-refractivity contribution in [1.82, 2.24) is 14.9 Å². The summed E-state index contributed by atoms with van der Waals surface area (Å²) in [5.74, 6) is 6.58. The molecule has 0 bridgehead atoms. The molecular weight excluding hydrogens is 458 g/mol. The number of furan rings is 1. The van der Waals surface area contributed by atoms with E-state index in [4.69, 9.17) is 15.0 Å². The van der Waals surface area contributed by atoms with Gasteiger partial charge in [-0.2, -0.15) is 0 Å². The number of aryl methyl sites for hydroxylation is 1. The van der Waals surface area contributed by atoms with Gasteiger partial charge in [-0.05, 0) is 36.4 Å². The highest BCUT2D eigenvalue weighted by Crippen LogP contribution is 2.35. The summed E-state index contributed by atoms with van der Waals surface area (Å²) in [6.45, 7) is 2.00. The summed E-state index contributed by atoms with van der Waals surface area (Å²) < 4.78 is 12.3. The highest BCUT2D eigenvalue weighted by atomic mass is 32.2. The summed E-state index contributed by atoms with van der Waals surface area (Å²) in [7, 11) is 0. The predicted octanol–water partition coefficient (Wildman–Crippen LogP) is 4.40. The molecule has 0 unspecified atom stereocenters. The molecule has 0 spiro atoms. The number of nitrogen functional groups attached to an aromatic ring is 1. The highest BCUT2D eigenvalue weighted by molar-refractivity contribution is 8.08. The van der Waals surface area contributed by atoms with Gasteiger partial charge in [-0.15, -0.1) is 10.2 Å². The molecule has 172 valence electrons. The van der Waals surface area contributed by atoms with Crippen LogP contribution in [0, 0.1) is 17.0 Å². The van der Waals surface area contributed by atoms with Crippen molar-refractivity contribution < 1.29 is 18.9 Å². The van der Waals surface area contributed by atoms with Gasteiger partial charge in [0.15, 0.2) is 11.6 Å². The number of thioether (sulfide) groups is 1. The van der Waals surface area contributed by atoms with Crippen LogP contribution in [0.1, 0.15) is 27.5 Å². The molecule has 0 aliphatic rings. The molecule has 0 saturated heterocycles. The quantitative estimate of drug-likeness (QED) is 0.0927. The number of para-hydroxylation sites is 1. The van der Waals surface area contributed by atoms with Crippen molar-refractivity contribution in [2.45, 2.75) is 18.7 Å². The first-order valence-electron chi connectivity index (χ1n) is 10.0. The summed E-state index contributed by atoms with van der Waals surface area (Å²) in [5.41, 5.74) is 1.41. The Morgan fingerprint density at radius 1 is 1.15 bits per heavy atom. The average molecular weight is 478 g/mol. The fourth-order valence-corrected chi connectivity index (χ4v) is 3.81. The van der Waals surface area contributed by atoms with Gasteiger partial charge in [0.2, 0.25) is 5.16 Å². The van der Waals surface area contributed by atoms with Crippen LogP contribution < -0.4 is 10.6 Å². The lowest BCUT2D eigenvalue weighted by molar-refractivity contribution is -0.402. The Balaban J connectivity index is 1.60. The molecule has 2 aromatic carbocycles. The maximum Gasteiger partial charge on any atom is 0.433 e. The van der Waals surface area contributed by atoms with Crippen LogP contribution in [0.4, 0.5) is 5.88 Å². The molecule has 2 heterocycles. The van der Waals surface area contributed by atoms with Gasteiger partial charge in [-0.25, -0.2) is 4.68 Å². The van der Waals surface area contributed by atoms with Crippen LogP contribution in [0.2, 0.25) is 0 Å². The zero-order chi connectivity index (χ0) is 24.1. The smallest absolute Gasteiger partial charge is 0.433 e. The van der Waals surface area contributed by atoms with Crippen molar-refractivity contribution in [3.8, 4) is 5.75 Å². The van der Waals surface area contributed by atoms with E-state index in [2.05, 4.69) is 10.2 Å². The van der Waals surface area contributed by atoms with E-state index in [9.17, 15) is 14.9 Å². The van der Waals surface area contributed by atoms with Crippen LogP contribution in [-0.4, -0.2) is 25.6 Å². The number of nitrogens with zero attached hydrogens (tertiary/aromatic N) is 4. The number of carbonyl (C=O) groups is 1. The van der Waals surface area contributed by atoms with Gasteiger partial charge >= 0.3 is 5.88 Å². The minimum Gasteiger partial charge on any atom is -0.485 e. The van der Waals surface area contributed by atoms with Crippen LogP contribution in [0.15, 0.2) is 82.4 Å². The number of hydrogen-bond donors (Lipinski definition) is 1. The largest absolute Gasteiger partial charge is 0.485 e. The summed E-state index contributed by atoms with van der Waals surface area (Å²) in [5, 5.41) is 19.5. The molecule has 0 atom stereocenters. The van der Waals surface area contributed by atoms with Gasteiger partial charge in [0.1, 0.15) is 23.0 Å². The van der Waals surface area contributed by atoms with Crippen molar-refractivity contribution >= 4 is 28.3 Å². The van der Waals surface area contributed by atoms with Crippen molar-refractivity contribution in [1.29, 1.82) is 0 Å². The van der Waals surface area contributed by atoms with E-state index >= 15 is 0 Å². The van der Waals surface area contributed by atoms with Gasteiger partial charge in [0.05, 0.1) is 11.0 Å². The topological polar surface area (TPSA) is 139 Å². The third kappa shape index (κ3) is 5.15. The van der Waals surface area contributed by atoms with Gasteiger partial charge in [-0.3, -0.25) is 14.9 Å². The Bertz CT molecular complexity index is 1360. The molecule has 0 amide bonds. The lowest BCUT2D eigenvalue weighted by Gasteiger charge is -2.09. The van der Waals surface area contributed by atoms with E-state index in [1.807, 2.05) is 31.2 Å². The number of allylic oxidation sites excluding steroid dienone is 1. The van der Waals surface area contributed by atoms with Gasteiger partial charge in [0.25, 0.3) is 0 Å². The number of hydrogen-bond acceptors (Lipinski definition) is 9. The normalized spacial score (nSPS) is 11.4. The maximum atomic E-state index is 12.8. The number of ether oxygens (including phenoxy) is 1. The van der Waals surface area contributed by atoms with E-state index in [-0.39, 0.29) is 28.2 Å². The van der Waals surface area contributed by atoms with E-state index < -0.39 is 10.8 Å². The van der Waals surface area contributed by atoms with Gasteiger partial charge < -0.3 is 15.0 Å². The Morgan fingerprint density at radius 3 is 2.59 bits per heavy atom. The summed E-state index contributed by atoms with van der Waals surface area (Å²) >= 11 is 0.995. The molecule has 0 aliphatic carbocycles. The first-order chi connectivity index (χ1) is 16.4. The highest BCUT2D eigenvalue weighted by Gasteiger charge is 2.20. The van der Waals surface area contributed by atoms with E-state index in [1.165, 1.54) is 22.9 Å². The Labute approximate surface area is 198 Å². The number of rotatable bonds is 9. The SMILES string of the molecule is Cc1ccccc1OCc1nnc(S/C(=C/C(=O)c2ccccc2)c2ccc([N+](=O)[O-])o2)n1N. The minimum atomic E-state index is -0.656. The average Bonchev–Trinajstić information content (AvgIpc) is 3.46. The predicted molar refractivity (Wildman–Crippen MR) is 126 cm³/mol. The number of nitrogens with two attached hydrogens (primary N) is 1. The molecule has 11 heteroatoms. The lowest BCUT2D eigenvalue weighted by atomic mass is 10.1. The second kappa shape index (κ2) is 10.0. The van der Waals surface area contributed by atoms with Gasteiger partial charge in [0, 0.05) is 11.6 Å². The molecule has 34 heavy (non-hydrogen) atoms. The molecule has 0 aliphatic heterocycles. The third-order valence-corrected chi connectivity index (χ3v) is 5.72. The second-order valence-corrected chi connectivity index (χ2v) is 8.07. The molecule has 4 rings (SSSR count). The second-order valence-electron chi connectivity index (χ2n) is 7.06. The van der Waals surface area contributed by atoms with Crippen molar-refractivity contribution in [3.63, 3.8) is 0 Å². The summed E-state index contributed by atoms with van der Waals surface area (Å²) in [6.07, 6.45) is 1.32. The zero-order valence-electron chi connectivity index (χ0n) is 18.0. The van der Waals surface area contributed by atoms with Crippen molar-refractivity contribution in [2.75, 3.05) is 5.84 Å². The van der Waals surface area contributed by atoms with E-state index in [0.717, 1.165) is 17.3 Å². The monoisotopic (exact) mass is 477 g/mol. The third-order valence-electron chi connectivity index (χ3n) is 4.72. The van der Waals surface area contributed by atoms with Crippen molar-refractivity contribution in [3.05, 3.63) is 106 Å². The number of carbonyl (C=O) groups excluding carboxylic acids is 1. The fourth-order valence-electron chi connectivity index (χ4n) is 2.95. The Hall–Kier alpha value is -4.38. The van der Waals surface area contributed by atoms with Crippen LogP contribution >= 0.6 is 11.8 Å². The standard InChI is InChI=1S/C23H19N5O5S/c1-15-7-5-6-10-18(15)32-14-21-25-26-23(27(21)24)34-20(19-11-12-22(33-19)28(30)31)13-17(29)16-8-3-2-4-9-16/h2-13H,14,24H2,1H3/b20-13+. The molecule has 0 fully saturated rings. The molecular formula is C23H19N5O5S. The first-order valence-corrected chi connectivity index (χ1v) is 10.9. The number of nitro groups is 1. The van der Waals surface area contributed by atoms with Crippen LogP contribution in [0.5, 0.6) is 5.75 Å². The molecule has 2 N–H and O–H groups in total. The van der Waals surface area contributed by atoms with E-state index in [1.54, 1.807) is 30.3 Å². The zero-order valence-corrected chi connectivity index (χ0v) is 18.8. The van der Waals surface area contributed by atoms with Crippen LogP contribution in [0.3, 0.4) is 0 Å². The Morgan fingerprint density at radius 2 is 1.88 bits per heavy atom. The Kier molecular flexibility index (Phi) is 6.74. The van der Waals surface area contributed by atoms with Gasteiger partial charge in [-0.1, -0.05) is 48.5 Å². The summed E-state index contributed by atoms with van der Waals surface area (Å²) in [4.78, 5) is 23.5. The maximum absolute atomic E-state index is 12.8. The van der Waals surface area contributed by atoms with Crippen molar-refractivity contribution in [2.24, 2.45) is 0 Å². The van der Waals surface area contributed by atoms with E-state index in [0.29, 0.717) is 17.1 Å². The first kappa shape index (κ1) is 22.8. The number of benzene rings is 2. The molecule has 0 saturated carbocycles. The number of aromatic nitrogens is 3. The molecule has 10 nitrogen and oxygen atoms in total. The van der Waals surface area contributed by atoms with Crippen LogP contribution in [0.25, 0.3) is 4.91 Å². The molecule has 2 aromatic heterocycles. The minimum absolute atomic E-state index is 0.0726. The molecule has 4 aromatic rings. The van der Waals surface area contributed by atoms with Crippen LogP contribution in [-0.2, 0) is 6.61 Å². The summed E-state index contributed by atoms with van der Waals surface area (Å²) in [6, 6.07) is 18.8. The fraction of sp³-hybridized carbons (Fsp3) is 0.0870. The number of ketones is 1. The molecule has 0 radical (unpaired) electrons. The lowest BCUT2D eigenvalue weighted by Crippen LogP contribution is -2.16.